The van der Waals surface area contributed by atoms with Crippen LogP contribution in [0.5, 0.6) is 0 Å². The molecule has 1 unspecified atom stereocenters. The molecule has 0 spiro atoms. The third-order valence-corrected chi connectivity index (χ3v) is 5.68. The summed E-state index contributed by atoms with van der Waals surface area (Å²) in [5.41, 5.74) is 1.12. The lowest BCUT2D eigenvalue weighted by Crippen LogP contribution is -2.30. The first-order chi connectivity index (χ1) is 9.93. The minimum absolute atomic E-state index is 0.398. The molecule has 1 atom stereocenters. The van der Waals surface area contributed by atoms with Crippen LogP contribution < -0.4 is 5.32 Å². The van der Waals surface area contributed by atoms with Gasteiger partial charge in [-0.25, -0.2) is 8.42 Å². The smallest absolute Gasteiger partial charge is 0.243 e. The molecule has 1 aliphatic heterocycles. The van der Waals surface area contributed by atoms with Crippen LogP contribution in [0.15, 0.2) is 29.2 Å². The zero-order valence-corrected chi connectivity index (χ0v) is 13.9. The normalized spacial score (nSPS) is 20.3. The molecule has 1 aromatic rings. The Morgan fingerprint density at radius 2 is 1.95 bits per heavy atom. The van der Waals surface area contributed by atoms with Crippen LogP contribution in [-0.2, 0) is 16.6 Å². The van der Waals surface area contributed by atoms with Crippen molar-refractivity contribution in [1.82, 2.24) is 14.5 Å². The molecule has 0 radical (unpaired) electrons. The Morgan fingerprint density at radius 3 is 2.52 bits per heavy atom. The van der Waals surface area contributed by atoms with Gasteiger partial charge in [0, 0.05) is 19.6 Å². The Labute approximate surface area is 128 Å². The summed E-state index contributed by atoms with van der Waals surface area (Å²) in [7, 11) is 2.55. The molecule has 0 aromatic heterocycles. The van der Waals surface area contributed by atoms with Crippen LogP contribution in [-0.4, -0.2) is 58.4 Å². The van der Waals surface area contributed by atoms with E-state index in [-0.39, 0.29) is 0 Å². The lowest BCUT2D eigenvalue weighted by Gasteiger charge is -2.17. The summed E-state index contributed by atoms with van der Waals surface area (Å²) < 4.78 is 26.8. The van der Waals surface area contributed by atoms with Crippen LogP contribution in [0.3, 0.4) is 0 Å². The summed E-state index contributed by atoms with van der Waals surface area (Å²) in [6.45, 7) is 2.92. The van der Waals surface area contributed by atoms with E-state index in [2.05, 4.69) is 10.2 Å². The number of benzene rings is 1. The summed E-state index contributed by atoms with van der Waals surface area (Å²) in [4.78, 5) is 2.46. The number of sulfonamides is 1. The molecule has 0 saturated carbocycles. The second kappa shape index (κ2) is 6.87. The molecule has 1 heterocycles. The molecule has 1 aliphatic rings. The SMILES string of the molecule is CNCC1CCN(S(=O)(=O)c2ccc(CN(C)C)cc2)C1. The largest absolute Gasteiger partial charge is 0.319 e. The first kappa shape index (κ1) is 16.4. The first-order valence-corrected chi connectivity index (χ1v) is 8.76. The second-order valence-electron chi connectivity index (χ2n) is 5.96. The van der Waals surface area contributed by atoms with Crippen LogP contribution >= 0.6 is 0 Å². The molecule has 0 aliphatic carbocycles. The van der Waals surface area contributed by atoms with Crippen molar-refractivity contribution in [3.8, 4) is 0 Å². The molecule has 6 heteroatoms. The van der Waals surface area contributed by atoms with Crippen LogP contribution in [0, 0.1) is 5.92 Å². The average Bonchev–Trinajstić information content (AvgIpc) is 2.88. The Balaban J connectivity index is 2.09. The monoisotopic (exact) mass is 311 g/mol. The van der Waals surface area contributed by atoms with Crippen LogP contribution in [0.1, 0.15) is 12.0 Å². The van der Waals surface area contributed by atoms with Gasteiger partial charge in [-0.1, -0.05) is 12.1 Å². The van der Waals surface area contributed by atoms with Gasteiger partial charge in [-0.15, -0.1) is 0 Å². The second-order valence-corrected chi connectivity index (χ2v) is 7.90. The van der Waals surface area contributed by atoms with E-state index in [1.54, 1.807) is 16.4 Å². The highest BCUT2D eigenvalue weighted by atomic mass is 32.2. The predicted molar refractivity (Wildman–Crippen MR) is 84.6 cm³/mol. The minimum Gasteiger partial charge on any atom is -0.319 e. The van der Waals surface area contributed by atoms with Gasteiger partial charge in [0.2, 0.25) is 10.0 Å². The quantitative estimate of drug-likeness (QED) is 0.851. The fourth-order valence-corrected chi connectivity index (χ4v) is 4.28. The van der Waals surface area contributed by atoms with Crippen molar-refractivity contribution >= 4 is 10.0 Å². The van der Waals surface area contributed by atoms with Crippen molar-refractivity contribution < 1.29 is 8.42 Å². The van der Waals surface area contributed by atoms with Crippen LogP contribution in [0.4, 0.5) is 0 Å². The fraction of sp³-hybridized carbons (Fsp3) is 0.600. The van der Waals surface area contributed by atoms with E-state index in [0.29, 0.717) is 23.9 Å². The Morgan fingerprint density at radius 1 is 1.29 bits per heavy atom. The van der Waals surface area contributed by atoms with E-state index in [0.717, 1.165) is 25.1 Å². The molecule has 5 nitrogen and oxygen atoms in total. The average molecular weight is 311 g/mol. The van der Waals surface area contributed by atoms with Gasteiger partial charge in [0.05, 0.1) is 4.90 Å². The van der Waals surface area contributed by atoms with Crippen LogP contribution in [0.2, 0.25) is 0 Å². The highest BCUT2D eigenvalue weighted by Gasteiger charge is 2.31. The summed E-state index contributed by atoms with van der Waals surface area (Å²) >= 11 is 0. The zero-order valence-electron chi connectivity index (χ0n) is 13.0. The third-order valence-electron chi connectivity index (χ3n) is 3.80. The van der Waals surface area contributed by atoms with Gasteiger partial charge in [-0.3, -0.25) is 0 Å². The number of nitrogens with zero attached hydrogens (tertiary/aromatic N) is 2. The fourth-order valence-electron chi connectivity index (χ4n) is 2.75. The molecular weight excluding hydrogens is 286 g/mol. The zero-order chi connectivity index (χ0) is 15.5. The van der Waals surface area contributed by atoms with E-state index < -0.39 is 10.0 Å². The summed E-state index contributed by atoms with van der Waals surface area (Å²) in [6, 6.07) is 7.24. The topological polar surface area (TPSA) is 52.7 Å². The predicted octanol–water partition coefficient (Wildman–Crippen LogP) is 0.978. The molecule has 0 bridgehead atoms. The van der Waals surface area contributed by atoms with E-state index in [1.165, 1.54) is 0 Å². The van der Waals surface area contributed by atoms with Crippen LogP contribution in [0.25, 0.3) is 0 Å². The van der Waals surface area contributed by atoms with Gasteiger partial charge < -0.3 is 10.2 Å². The molecule has 21 heavy (non-hydrogen) atoms. The summed E-state index contributed by atoms with van der Waals surface area (Å²) in [5.74, 6) is 0.415. The van der Waals surface area contributed by atoms with Gasteiger partial charge in [0.1, 0.15) is 0 Å². The highest BCUT2D eigenvalue weighted by Crippen LogP contribution is 2.24. The van der Waals surface area contributed by atoms with Crippen molar-refractivity contribution in [2.75, 3.05) is 40.8 Å². The summed E-state index contributed by atoms with van der Waals surface area (Å²) in [5, 5.41) is 3.12. The first-order valence-electron chi connectivity index (χ1n) is 7.32. The Bertz CT molecular complexity index is 555. The molecule has 1 fully saturated rings. The number of hydrogen-bond acceptors (Lipinski definition) is 4. The van der Waals surface area contributed by atoms with Gasteiger partial charge >= 0.3 is 0 Å². The van der Waals surface area contributed by atoms with Crippen molar-refractivity contribution in [1.29, 1.82) is 0 Å². The van der Waals surface area contributed by atoms with E-state index in [9.17, 15) is 8.42 Å². The summed E-state index contributed by atoms with van der Waals surface area (Å²) in [6.07, 6.45) is 0.929. The molecule has 1 aromatic carbocycles. The van der Waals surface area contributed by atoms with Gasteiger partial charge in [-0.2, -0.15) is 4.31 Å². The molecule has 2 rings (SSSR count). The maximum Gasteiger partial charge on any atom is 0.243 e. The number of hydrogen-bond donors (Lipinski definition) is 1. The van der Waals surface area contributed by atoms with Crippen molar-refractivity contribution in [2.24, 2.45) is 5.92 Å². The van der Waals surface area contributed by atoms with E-state index >= 15 is 0 Å². The van der Waals surface area contributed by atoms with Gasteiger partial charge in [0.25, 0.3) is 0 Å². The maximum atomic E-state index is 12.6. The standard InChI is InChI=1S/C15H25N3O2S/c1-16-10-14-8-9-18(12-14)21(19,20)15-6-4-13(5-7-15)11-17(2)3/h4-7,14,16H,8-12H2,1-3H3. The Hall–Kier alpha value is -0.950. The lowest BCUT2D eigenvalue weighted by molar-refractivity contribution is 0.402. The molecule has 118 valence electrons. The van der Waals surface area contributed by atoms with Crippen molar-refractivity contribution in [3.63, 3.8) is 0 Å². The molecule has 1 N–H and O–H groups in total. The maximum absolute atomic E-state index is 12.6. The Kier molecular flexibility index (Phi) is 5.37. The third kappa shape index (κ3) is 4.03. The highest BCUT2D eigenvalue weighted by molar-refractivity contribution is 7.89. The van der Waals surface area contributed by atoms with Crippen molar-refractivity contribution in [3.05, 3.63) is 29.8 Å². The van der Waals surface area contributed by atoms with E-state index in [1.807, 2.05) is 33.3 Å². The number of nitrogens with one attached hydrogen (secondary N) is 1. The minimum atomic E-state index is -3.34. The lowest BCUT2D eigenvalue weighted by atomic mass is 10.1. The van der Waals surface area contributed by atoms with Crippen molar-refractivity contribution in [2.45, 2.75) is 17.9 Å². The van der Waals surface area contributed by atoms with Gasteiger partial charge in [-0.05, 0) is 57.7 Å². The molecule has 1 saturated heterocycles. The molecule has 0 amide bonds. The van der Waals surface area contributed by atoms with E-state index in [4.69, 9.17) is 0 Å². The number of rotatable bonds is 6. The molecular formula is C15H25N3O2S. The van der Waals surface area contributed by atoms with Gasteiger partial charge in [0.15, 0.2) is 0 Å².